The van der Waals surface area contributed by atoms with E-state index in [1.54, 1.807) is 59.3 Å². The van der Waals surface area contributed by atoms with Gasteiger partial charge in [-0.05, 0) is 80.8 Å². The van der Waals surface area contributed by atoms with Crippen LogP contribution >= 0.6 is 0 Å². The summed E-state index contributed by atoms with van der Waals surface area (Å²) in [5.41, 5.74) is -2.64. The fourth-order valence-electron chi connectivity index (χ4n) is 6.74. The van der Waals surface area contributed by atoms with E-state index in [9.17, 15) is 32.9 Å². The van der Waals surface area contributed by atoms with Crippen LogP contribution in [0.1, 0.15) is 55.7 Å². The third kappa shape index (κ3) is 8.97. The second-order valence-electron chi connectivity index (χ2n) is 14.6. The standard InChI is InChI=1S/C42H43N3O13S/c1-27-25-43(40(48)57-41(2,3)4)39(47)44(38(27)46)37-24-35(58-59(51,52)34-22-16-31(17-23-34)45(49)50)36(56-37)26-55-42(28-10-8-7-9-11-28,29-12-18-32(53-5)19-13-29)30-14-20-33(54-6)21-15-30/h7-23,25,35-37H,24,26H2,1-6H3/t35-,36-,37+/m1/s1. The Morgan fingerprint density at radius 3 is 1.90 bits per heavy atom. The Kier molecular flexibility index (Phi) is 12.2. The van der Waals surface area contributed by atoms with Gasteiger partial charge < -0.3 is 23.7 Å². The maximum Gasteiger partial charge on any atom is 0.422 e. The Hall–Kier alpha value is -6.14. The smallest absolute Gasteiger partial charge is 0.422 e. The second kappa shape index (κ2) is 17.0. The van der Waals surface area contributed by atoms with Crippen molar-refractivity contribution in [3.63, 3.8) is 0 Å². The summed E-state index contributed by atoms with van der Waals surface area (Å²) >= 11 is 0. The van der Waals surface area contributed by atoms with Gasteiger partial charge in [0.25, 0.3) is 21.4 Å². The number of aryl methyl sites for hydroxylation is 1. The van der Waals surface area contributed by atoms with E-state index in [0.29, 0.717) is 37.3 Å². The molecule has 3 atom stereocenters. The van der Waals surface area contributed by atoms with Crippen LogP contribution in [0, 0.1) is 17.0 Å². The molecule has 310 valence electrons. The SMILES string of the molecule is COc1ccc(C(OC[C@H]2O[C@H](n3c(=O)c(C)cn(C(=O)OC(C)(C)C)c3=O)C[C@H]2OS(=O)(=O)c2ccc([N+](=O)[O-])cc2)(c2ccccc2)c2ccc(OC)cc2)cc1. The quantitative estimate of drug-likeness (QED) is 0.0573. The Morgan fingerprint density at radius 2 is 1.39 bits per heavy atom. The van der Waals surface area contributed by atoms with Gasteiger partial charge in [0.2, 0.25) is 0 Å². The van der Waals surface area contributed by atoms with Gasteiger partial charge in [-0.25, -0.2) is 18.7 Å². The highest BCUT2D eigenvalue weighted by Crippen LogP contribution is 2.43. The molecule has 6 rings (SSSR count). The number of carbonyl (C=O) groups excluding carboxylic acids is 1. The van der Waals surface area contributed by atoms with Gasteiger partial charge in [-0.15, -0.1) is 0 Å². The number of nitro groups is 1. The molecule has 0 aliphatic carbocycles. The third-order valence-electron chi connectivity index (χ3n) is 9.57. The van der Waals surface area contributed by atoms with Crippen molar-refractivity contribution >= 4 is 21.9 Å². The van der Waals surface area contributed by atoms with Crippen molar-refractivity contribution in [1.29, 1.82) is 0 Å². The highest BCUT2D eigenvalue weighted by Gasteiger charge is 2.45. The van der Waals surface area contributed by atoms with Crippen LogP contribution in [0.25, 0.3) is 0 Å². The molecule has 1 aliphatic rings. The molecule has 2 heterocycles. The van der Waals surface area contributed by atoms with Gasteiger partial charge in [-0.1, -0.05) is 54.6 Å². The zero-order chi connectivity index (χ0) is 42.7. The summed E-state index contributed by atoms with van der Waals surface area (Å²) in [5.74, 6) is 1.16. The predicted octanol–water partition coefficient (Wildman–Crippen LogP) is 6.10. The van der Waals surface area contributed by atoms with Crippen LogP contribution in [-0.4, -0.2) is 67.2 Å². The maximum atomic E-state index is 13.9. The van der Waals surface area contributed by atoms with E-state index >= 15 is 0 Å². The van der Waals surface area contributed by atoms with Crippen LogP contribution < -0.4 is 20.7 Å². The lowest BCUT2D eigenvalue weighted by molar-refractivity contribution is -0.384. The lowest BCUT2D eigenvalue weighted by Crippen LogP contribution is -2.46. The molecule has 1 aromatic heterocycles. The zero-order valence-corrected chi connectivity index (χ0v) is 33.9. The summed E-state index contributed by atoms with van der Waals surface area (Å²) in [4.78, 5) is 51.0. The van der Waals surface area contributed by atoms with Gasteiger partial charge in [0, 0.05) is 30.3 Å². The number of aromatic nitrogens is 2. The van der Waals surface area contributed by atoms with Crippen molar-refractivity contribution in [1.82, 2.24) is 9.13 Å². The van der Waals surface area contributed by atoms with Gasteiger partial charge >= 0.3 is 11.8 Å². The number of non-ortho nitro benzene ring substituents is 1. The number of nitro benzene ring substituents is 1. The first-order valence-corrected chi connectivity index (χ1v) is 19.8. The van der Waals surface area contributed by atoms with Crippen LogP contribution in [-0.2, 0) is 34.1 Å². The van der Waals surface area contributed by atoms with Crippen LogP contribution in [0.5, 0.6) is 11.5 Å². The first kappa shape index (κ1) is 42.5. The van der Waals surface area contributed by atoms with Gasteiger partial charge in [0.15, 0.2) is 0 Å². The summed E-state index contributed by atoms with van der Waals surface area (Å²) < 4.78 is 64.4. The Balaban J connectivity index is 1.47. The van der Waals surface area contributed by atoms with Crippen LogP contribution in [0.4, 0.5) is 10.5 Å². The van der Waals surface area contributed by atoms with Crippen molar-refractivity contribution in [2.45, 2.75) is 68.6 Å². The van der Waals surface area contributed by atoms with Gasteiger partial charge in [-0.2, -0.15) is 8.42 Å². The van der Waals surface area contributed by atoms with Crippen molar-refractivity contribution in [2.24, 2.45) is 0 Å². The lowest BCUT2D eigenvalue weighted by Gasteiger charge is -2.37. The van der Waals surface area contributed by atoms with E-state index in [1.165, 1.54) is 6.92 Å². The summed E-state index contributed by atoms with van der Waals surface area (Å²) in [6.45, 7) is 5.86. The predicted molar refractivity (Wildman–Crippen MR) is 213 cm³/mol. The minimum Gasteiger partial charge on any atom is -0.497 e. The lowest BCUT2D eigenvalue weighted by atomic mass is 9.80. The van der Waals surface area contributed by atoms with E-state index in [2.05, 4.69) is 0 Å². The van der Waals surface area contributed by atoms with Crippen molar-refractivity contribution in [2.75, 3.05) is 20.8 Å². The molecule has 5 aromatic rings. The molecular weight excluding hydrogens is 787 g/mol. The van der Waals surface area contributed by atoms with E-state index in [1.807, 2.05) is 54.6 Å². The molecule has 0 amide bonds. The minimum atomic E-state index is -4.65. The molecule has 1 fully saturated rings. The summed E-state index contributed by atoms with van der Waals surface area (Å²) in [7, 11) is -1.57. The first-order valence-electron chi connectivity index (χ1n) is 18.4. The Labute approximate surface area is 339 Å². The first-order chi connectivity index (χ1) is 28.0. The van der Waals surface area contributed by atoms with Gasteiger partial charge in [0.1, 0.15) is 41.1 Å². The molecule has 59 heavy (non-hydrogen) atoms. The van der Waals surface area contributed by atoms with Gasteiger partial charge in [-0.3, -0.25) is 19.1 Å². The average Bonchev–Trinajstić information content (AvgIpc) is 3.60. The minimum absolute atomic E-state index is 0.00293. The summed E-state index contributed by atoms with van der Waals surface area (Å²) in [5, 5.41) is 11.3. The molecule has 16 nitrogen and oxygen atoms in total. The number of hydrogen-bond donors (Lipinski definition) is 0. The van der Waals surface area contributed by atoms with E-state index in [0.717, 1.165) is 30.5 Å². The number of rotatable bonds is 13. The molecular formula is C42H43N3O13S. The second-order valence-corrected chi connectivity index (χ2v) is 16.2. The summed E-state index contributed by atoms with van der Waals surface area (Å²) in [6.07, 6.45) is -4.50. The molecule has 0 bridgehead atoms. The van der Waals surface area contributed by atoms with E-state index in [-0.39, 0.29) is 29.2 Å². The molecule has 0 unspecified atom stereocenters. The van der Waals surface area contributed by atoms with E-state index in [4.69, 9.17) is 27.9 Å². The largest absolute Gasteiger partial charge is 0.497 e. The molecule has 0 N–H and O–H groups in total. The van der Waals surface area contributed by atoms with Crippen LogP contribution in [0.2, 0.25) is 0 Å². The molecule has 0 spiro atoms. The van der Waals surface area contributed by atoms with Crippen molar-refractivity contribution in [3.05, 3.63) is 163 Å². The molecule has 4 aromatic carbocycles. The van der Waals surface area contributed by atoms with Crippen molar-refractivity contribution < 1.29 is 46.0 Å². The third-order valence-corrected chi connectivity index (χ3v) is 10.9. The van der Waals surface area contributed by atoms with E-state index < -0.39 is 62.0 Å². The number of hydrogen-bond acceptors (Lipinski definition) is 13. The topological polar surface area (TPSA) is 194 Å². The number of nitrogens with zero attached hydrogens (tertiary/aromatic N) is 3. The molecule has 17 heteroatoms. The number of carbonyl (C=O) groups is 1. The summed E-state index contributed by atoms with van der Waals surface area (Å²) in [6, 6.07) is 27.7. The number of methoxy groups -OCH3 is 2. The maximum absolute atomic E-state index is 13.9. The molecule has 1 aliphatic heterocycles. The fourth-order valence-corrected chi connectivity index (χ4v) is 7.85. The fraction of sp³-hybridized carbons (Fsp3) is 0.310. The van der Waals surface area contributed by atoms with Crippen molar-refractivity contribution in [3.8, 4) is 11.5 Å². The van der Waals surface area contributed by atoms with Crippen LogP contribution in [0.15, 0.2) is 124 Å². The highest BCUT2D eigenvalue weighted by molar-refractivity contribution is 7.86. The van der Waals surface area contributed by atoms with Crippen LogP contribution in [0.3, 0.4) is 0 Å². The highest BCUT2D eigenvalue weighted by atomic mass is 32.2. The van der Waals surface area contributed by atoms with Gasteiger partial charge in [0.05, 0.1) is 30.6 Å². The molecule has 0 saturated carbocycles. The zero-order valence-electron chi connectivity index (χ0n) is 33.1. The normalized spacial score (nSPS) is 17.0. The Morgan fingerprint density at radius 1 is 0.847 bits per heavy atom. The number of benzene rings is 4. The molecule has 0 radical (unpaired) electrons. The molecule has 1 saturated heterocycles. The number of ether oxygens (including phenoxy) is 5. The monoisotopic (exact) mass is 829 g/mol. The Bertz CT molecular complexity index is 2480. The average molecular weight is 830 g/mol.